The third-order valence-electron chi connectivity index (χ3n) is 5.47. The third kappa shape index (κ3) is 6.33. The number of ether oxygens (including phenoxy) is 1. The van der Waals surface area contributed by atoms with E-state index in [0.29, 0.717) is 5.41 Å². The van der Waals surface area contributed by atoms with Gasteiger partial charge in [0.1, 0.15) is 5.60 Å². The Balaban J connectivity index is 1.68. The number of likely N-dealkylation sites (tertiary alicyclic amines) is 1. The van der Waals surface area contributed by atoms with Crippen molar-refractivity contribution in [1.29, 1.82) is 0 Å². The summed E-state index contributed by atoms with van der Waals surface area (Å²) in [6.45, 7) is 12.3. The van der Waals surface area contributed by atoms with E-state index in [2.05, 4.69) is 12.2 Å². The fraction of sp³-hybridized carbons (Fsp3) is 0.947. The van der Waals surface area contributed by atoms with Gasteiger partial charge in [-0.1, -0.05) is 19.8 Å². The molecule has 1 N–H and O–H groups in total. The number of piperidine rings is 2. The van der Waals surface area contributed by atoms with Crippen LogP contribution in [0.3, 0.4) is 0 Å². The number of carbonyl (C=O) groups is 1. The molecule has 0 saturated carbocycles. The Morgan fingerprint density at radius 3 is 2.39 bits per heavy atom. The van der Waals surface area contributed by atoms with Gasteiger partial charge in [-0.05, 0) is 77.3 Å². The Morgan fingerprint density at radius 1 is 1.22 bits per heavy atom. The second-order valence-electron chi connectivity index (χ2n) is 8.86. The van der Waals surface area contributed by atoms with Gasteiger partial charge in [0.15, 0.2) is 0 Å². The molecule has 2 aliphatic rings. The van der Waals surface area contributed by atoms with E-state index in [1.54, 1.807) is 0 Å². The molecule has 2 aliphatic heterocycles. The first-order valence-corrected chi connectivity index (χ1v) is 9.46. The lowest BCUT2D eigenvalue weighted by Crippen LogP contribution is -2.44. The molecule has 4 heteroatoms. The quantitative estimate of drug-likeness (QED) is 0.843. The fourth-order valence-electron chi connectivity index (χ4n) is 3.79. The summed E-state index contributed by atoms with van der Waals surface area (Å²) in [5.74, 6) is 0.932. The van der Waals surface area contributed by atoms with E-state index in [4.69, 9.17) is 4.74 Å². The second kappa shape index (κ2) is 7.87. The zero-order chi connectivity index (χ0) is 16.9. The van der Waals surface area contributed by atoms with Crippen molar-refractivity contribution in [2.45, 2.75) is 78.2 Å². The van der Waals surface area contributed by atoms with Gasteiger partial charge in [0.25, 0.3) is 0 Å². The molecule has 2 rings (SSSR count). The number of rotatable bonds is 4. The van der Waals surface area contributed by atoms with Crippen LogP contribution in [-0.4, -0.2) is 42.8 Å². The molecule has 0 spiro atoms. The highest BCUT2D eigenvalue weighted by Crippen LogP contribution is 2.37. The van der Waals surface area contributed by atoms with E-state index >= 15 is 0 Å². The van der Waals surface area contributed by atoms with Crippen molar-refractivity contribution in [1.82, 2.24) is 10.2 Å². The van der Waals surface area contributed by atoms with Gasteiger partial charge in [0.05, 0.1) is 0 Å². The summed E-state index contributed by atoms with van der Waals surface area (Å²) in [4.78, 5) is 14.0. The number of hydrogen-bond donors (Lipinski definition) is 1. The smallest absolute Gasteiger partial charge is 0.410 e. The van der Waals surface area contributed by atoms with E-state index in [1.165, 1.54) is 45.2 Å². The van der Waals surface area contributed by atoms with Crippen molar-refractivity contribution in [3.05, 3.63) is 0 Å². The van der Waals surface area contributed by atoms with Crippen LogP contribution in [0.25, 0.3) is 0 Å². The van der Waals surface area contributed by atoms with Gasteiger partial charge >= 0.3 is 6.09 Å². The Bertz CT molecular complexity index is 375. The molecule has 2 fully saturated rings. The fourth-order valence-corrected chi connectivity index (χ4v) is 3.79. The van der Waals surface area contributed by atoms with Gasteiger partial charge in [0.2, 0.25) is 0 Å². The lowest BCUT2D eigenvalue weighted by molar-refractivity contribution is 0.0107. The van der Waals surface area contributed by atoms with Crippen LogP contribution in [0.5, 0.6) is 0 Å². The highest BCUT2D eigenvalue weighted by atomic mass is 16.6. The molecule has 0 atom stereocenters. The van der Waals surface area contributed by atoms with Crippen LogP contribution < -0.4 is 5.32 Å². The Morgan fingerprint density at radius 2 is 1.83 bits per heavy atom. The van der Waals surface area contributed by atoms with Crippen molar-refractivity contribution in [2.75, 3.05) is 26.2 Å². The van der Waals surface area contributed by atoms with Crippen LogP contribution in [0.15, 0.2) is 0 Å². The molecule has 2 saturated heterocycles. The van der Waals surface area contributed by atoms with E-state index < -0.39 is 5.60 Å². The summed E-state index contributed by atoms with van der Waals surface area (Å²) < 4.78 is 5.49. The van der Waals surface area contributed by atoms with Crippen molar-refractivity contribution in [3.8, 4) is 0 Å². The first-order valence-electron chi connectivity index (χ1n) is 9.46. The van der Waals surface area contributed by atoms with E-state index in [-0.39, 0.29) is 6.09 Å². The molecule has 0 aromatic heterocycles. The number of nitrogens with one attached hydrogen (secondary N) is 1. The average molecular weight is 325 g/mol. The zero-order valence-corrected chi connectivity index (χ0v) is 15.6. The molecule has 0 aromatic rings. The lowest BCUT2D eigenvalue weighted by Gasteiger charge is -2.40. The Kier molecular flexibility index (Phi) is 6.35. The monoisotopic (exact) mass is 324 g/mol. The molecule has 1 amide bonds. The van der Waals surface area contributed by atoms with Crippen molar-refractivity contribution >= 4 is 6.09 Å². The summed E-state index contributed by atoms with van der Waals surface area (Å²) in [7, 11) is 0. The van der Waals surface area contributed by atoms with Crippen molar-refractivity contribution < 1.29 is 9.53 Å². The molecular weight excluding hydrogens is 288 g/mol. The van der Waals surface area contributed by atoms with Gasteiger partial charge < -0.3 is 15.0 Å². The van der Waals surface area contributed by atoms with Crippen molar-refractivity contribution in [2.24, 2.45) is 11.3 Å². The van der Waals surface area contributed by atoms with Crippen LogP contribution in [-0.2, 0) is 4.74 Å². The largest absolute Gasteiger partial charge is 0.444 e. The van der Waals surface area contributed by atoms with Crippen LogP contribution >= 0.6 is 0 Å². The van der Waals surface area contributed by atoms with E-state index in [0.717, 1.165) is 31.8 Å². The molecule has 4 nitrogen and oxygen atoms in total. The molecule has 2 heterocycles. The Labute approximate surface area is 142 Å². The van der Waals surface area contributed by atoms with Gasteiger partial charge in [0, 0.05) is 13.1 Å². The van der Waals surface area contributed by atoms with Crippen LogP contribution in [0.2, 0.25) is 0 Å². The predicted molar refractivity (Wildman–Crippen MR) is 94.6 cm³/mol. The first-order chi connectivity index (χ1) is 10.8. The normalized spacial score (nSPS) is 22.9. The maximum absolute atomic E-state index is 12.1. The molecule has 134 valence electrons. The SMILES string of the molecule is CC1(CCCC2CCNCC2)CCN(C(=O)OC(C)(C)C)CC1. The number of hydrogen-bond acceptors (Lipinski definition) is 3. The lowest BCUT2D eigenvalue weighted by atomic mass is 9.75. The molecule has 0 aliphatic carbocycles. The highest BCUT2D eigenvalue weighted by molar-refractivity contribution is 5.68. The predicted octanol–water partition coefficient (Wildman–Crippen LogP) is 4.19. The van der Waals surface area contributed by atoms with Crippen LogP contribution in [0.4, 0.5) is 4.79 Å². The summed E-state index contributed by atoms with van der Waals surface area (Å²) in [6.07, 6.45) is 8.80. The topological polar surface area (TPSA) is 41.6 Å². The molecule has 0 bridgehead atoms. The van der Waals surface area contributed by atoms with Crippen LogP contribution in [0, 0.1) is 11.3 Å². The summed E-state index contributed by atoms with van der Waals surface area (Å²) in [5, 5.41) is 3.44. The van der Waals surface area contributed by atoms with Gasteiger partial charge in [-0.3, -0.25) is 0 Å². The minimum Gasteiger partial charge on any atom is -0.444 e. The average Bonchev–Trinajstić information content (AvgIpc) is 2.47. The van der Waals surface area contributed by atoms with Gasteiger partial charge in [-0.2, -0.15) is 0 Å². The summed E-state index contributed by atoms with van der Waals surface area (Å²) >= 11 is 0. The molecule has 23 heavy (non-hydrogen) atoms. The molecular formula is C19H36N2O2. The number of amides is 1. The Hall–Kier alpha value is -0.770. The minimum atomic E-state index is -0.396. The molecule has 0 unspecified atom stereocenters. The van der Waals surface area contributed by atoms with Crippen molar-refractivity contribution in [3.63, 3.8) is 0 Å². The second-order valence-corrected chi connectivity index (χ2v) is 8.86. The highest BCUT2D eigenvalue weighted by Gasteiger charge is 2.33. The van der Waals surface area contributed by atoms with Crippen LogP contribution in [0.1, 0.15) is 72.6 Å². The van der Waals surface area contributed by atoms with Gasteiger partial charge in [-0.25, -0.2) is 4.79 Å². The van der Waals surface area contributed by atoms with E-state index in [1.807, 2.05) is 25.7 Å². The molecule has 0 aromatic carbocycles. The summed E-state index contributed by atoms with van der Waals surface area (Å²) in [5.41, 5.74) is 0.0120. The first kappa shape index (κ1) is 18.6. The number of carbonyl (C=O) groups excluding carboxylic acids is 1. The van der Waals surface area contributed by atoms with E-state index in [9.17, 15) is 4.79 Å². The molecule has 0 radical (unpaired) electrons. The standard InChI is InChI=1S/C19H36N2O2/c1-18(2,3)23-17(22)21-14-10-19(4,11-15-21)9-5-6-16-7-12-20-13-8-16/h16,20H,5-15H2,1-4H3. The van der Waals surface area contributed by atoms with Gasteiger partial charge in [-0.15, -0.1) is 0 Å². The number of nitrogens with zero attached hydrogens (tertiary/aromatic N) is 1. The zero-order valence-electron chi connectivity index (χ0n) is 15.6. The maximum Gasteiger partial charge on any atom is 0.410 e. The minimum absolute atomic E-state index is 0.144. The third-order valence-corrected chi connectivity index (χ3v) is 5.47. The maximum atomic E-state index is 12.1. The summed E-state index contributed by atoms with van der Waals surface area (Å²) in [6, 6.07) is 0.